The lowest BCUT2D eigenvalue weighted by molar-refractivity contribution is 0.0384. The number of hydrogen-bond acceptors (Lipinski definition) is 28. The fourth-order valence-corrected chi connectivity index (χ4v) is 16.1. The summed E-state index contributed by atoms with van der Waals surface area (Å²) in [5.74, 6) is 2.86. The number of imidazole rings is 4. The minimum Gasteiger partial charge on any atom is -0.383 e. The molecule has 0 bridgehead atoms. The van der Waals surface area contributed by atoms with Crippen LogP contribution in [0.1, 0.15) is 44.5 Å². The quantitative estimate of drug-likeness (QED) is 0.0174. The number of para-hydroxylation sites is 4. The molecule has 0 amide bonds. The molecule has 36 heteroatoms. The zero-order chi connectivity index (χ0) is 90.9. The lowest BCUT2D eigenvalue weighted by Gasteiger charge is -2.26. The molecular formula is C97H102N30O6. The van der Waals surface area contributed by atoms with E-state index in [1.165, 1.54) is 0 Å². The first-order valence-corrected chi connectivity index (χ1v) is 43.7. The number of ether oxygens (including phenoxy) is 6. The van der Waals surface area contributed by atoms with Crippen LogP contribution in [0.4, 0.5) is 0 Å². The summed E-state index contributed by atoms with van der Waals surface area (Å²) in [6.45, 7) is 13.7. The van der Waals surface area contributed by atoms with Gasteiger partial charge in [-0.25, -0.2) is 39.9 Å². The Hall–Kier alpha value is -14.6. The molecule has 676 valence electrons. The molecule has 13 N–H and O–H groups in total. The van der Waals surface area contributed by atoms with E-state index < -0.39 is 0 Å². The Morgan fingerprint density at radius 1 is 0.368 bits per heavy atom. The van der Waals surface area contributed by atoms with Crippen LogP contribution in [0.5, 0.6) is 0 Å². The molecule has 17 heterocycles. The van der Waals surface area contributed by atoms with Crippen molar-refractivity contribution in [3.63, 3.8) is 0 Å². The number of nitrogens with zero attached hydrogens (tertiary/aromatic N) is 18. The maximum absolute atomic E-state index is 5.75. The predicted octanol–water partition coefficient (Wildman–Crippen LogP) is 13.1. The van der Waals surface area contributed by atoms with Gasteiger partial charge in [0.1, 0.15) is 22.8 Å². The Morgan fingerprint density at radius 2 is 0.677 bits per heavy atom. The predicted molar refractivity (Wildman–Crippen MR) is 512 cm³/mol. The first kappa shape index (κ1) is 89.0. The molecule has 21 rings (SSSR count). The van der Waals surface area contributed by atoms with Crippen molar-refractivity contribution in [2.24, 2.45) is 5.73 Å². The molecule has 36 nitrogen and oxygen atoms in total. The van der Waals surface area contributed by atoms with Gasteiger partial charge < -0.3 is 74.9 Å². The molecule has 0 atom stereocenters. The summed E-state index contributed by atoms with van der Waals surface area (Å²) >= 11 is 0. The number of hydrogen-bond donors (Lipinski definition) is 12. The zero-order valence-electron chi connectivity index (χ0n) is 74.8. The lowest BCUT2D eigenvalue weighted by atomic mass is 10.1. The van der Waals surface area contributed by atoms with Crippen LogP contribution in [0.2, 0.25) is 0 Å². The summed E-state index contributed by atoms with van der Waals surface area (Å²) in [5.41, 5.74) is 35.2. The van der Waals surface area contributed by atoms with Crippen molar-refractivity contribution in [3.05, 3.63) is 240 Å². The number of rotatable bonds is 32. The number of H-pyrrole nitrogens is 8. The van der Waals surface area contributed by atoms with Crippen LogP contribution in [0.3, 0.4) is 0 Å². The van der Waals surface area contributed by atoms with Crippen molar-refractivity contribution >= 4 is 88.3 Å². The number of nitrogens with two attached hydrogens (primary N) is 1. The van der Waals surface area contributed by atoms with E-state index in [0.717, 1.165) is 268 Å². The minimum absolute atomic E-state index is 0.441. The summed E-state index contributed by atoms with van der Waals surface area (Å²) in [6.07, 6.45) is 22.1. The minimum atomic E-state index is 0.441. The normalized spacial score (nSPS) is 12.5. The average Bonchev–Trinajstić information content (AvgIpc) is 1.64. The first-order chi connectivity index (χ1) is 65.4. The highest BCUT2D eigenvalue weighted by Gasteiger charge is 2.23. The van der Waals surface area contributed by atoms with E-state index in [2.05, 4.69) is 177 Å². The monoisotopic (exact) mass is 1780 g/mol. The summed E-state index contributed by atoms with van der Waals surface area (Å²) < 4.78 is 31.8. The Kier molecular flexibility index (Phi) is 28.1. The summed E-state index contributed by atoms with van der Waals surface area (Å²) in [6, 6.07) is 40.8. The van der Waals surface area contributed by atoms with Crippen LogP contribution in [0, 0.1) is 0 Å². The smallest absolute Gasteiger partial charge is 0.181 e. The molecule has 1 fully saturated rings. The van der Waals surface area contributed by atoms with Gasteiger partial charge >= 0.3 is 0 Å². The van der Waals surface area contributed by atoms with E-state index in [9.17, 15) is 0 Å². The van der Waals surface area contributed by atoms with Crippen LogP contribution in [0.25, 0.3) is 179 Å². The number of aromatic amines is 8. The molecule has 133 heavy (non-hydrogen) atoms. The Morgan fingerprint density at radius 3 is 0.992 bits per heavy atom. The van der Waals surface area contributed by atoms with E-state index in [0.29, 0.717) is 73.8 Å². The summed E-state index contributed by atoms with van der Waals surface area (Å²) in [5, 5.41) is 43.8. The van der Waals surface area contributed by atoms with Gasteiger partial charge in [0.15, 0.2) is 45.9 Å². The highest BCUT2D eigenvalue weighted by atomic mass is 16.5. The third-order valence-corrected chi connectivity index (χ3v) is 22.8. The Balaban J connectivity index is 0.000000119. The van der Waals surface area contributed by atoms with Crippen LogP contribution in [-0.4, -0.2) is 246 Å². The van der Waals surface area contributed by atoms with E-state index in [1.807, 2.05) is 141 Å². The van der Waals surface area contributed by atoms with Crippen LogP contribution in [0.15, 0.2) is 196 Å². The highest BCUT2D eigenvalue weighted by Crippen LogP contribution is 2.37. The van der Waals surface area contributed by atoms with E-state index in [4.69, 9.17) is 54.1 Å². The molecule has 0 radical (unpaired) electrons. The number of morpholine rings is 1. The first-order valence-electron chi connectivity index (χ1n) is 43.7. The summed E-state index contributed by atoms with van der Waals surface area (Å²) in [4.78, 5) is 73.3. The van der Waals surface area contributed by atoms with E-state index in [1.54, 1.807) is 54.1 Å². The molecule has 0 unspecified atom stereocenters. The van der Waals surface area contributed by atoms with Gasteiger partial charge in [0.05, 0.1) is 112 Å². The maximum Gasteiger partial charge on any atom is 0.181 e. The van der Waals surface area contributed by atoms with Crippen molar-refractivity contribution in [2.75, 3.05) is 115 Å². The van der Waals surface area contributed by atoms with Crippen LogP contribution in [-0.2, 0) is 81.0 Å². The largest absolute Gasteiger partial charge is 0.383 e. The van der Waals surface area contributed by atoms with Crippen molar-refractivity contribution in [3.8, 4) is 90.6 Å². The SMILES string of the molecule is COCCNCc1cncc(-c2cnc3n[nH]c(-c4nc5c(COC)cccc5[nH]4)c3c2)c1.COCc1cccc2[nH]c(-c3[nH]nc4ncc(-c5cncc(CN)c5)cc34)nc12.COCc1cccc2[nH]c(-c3[nH]nc4ncc(-c5cncc(CNCCN(C)C)c5)cc34)nc12.COCc1cccc2[nH]c(-c3[nH]nc4ncc(-c5cncc(CNCCN6CCOCC6)c5)cc34)nc12. The third-order valence-electron chi connectivity index (χ3n) is 22.8. The Bertz CT molecular complexity index is 7370. The number of benzene rings is 4. The average molecular weight is 1780 g/mol. The number of fused-ring (bicyclic) bond motifs is 8. The molecule has 0 spiro atoms. The number of likely N-dealkylation sites (N-methyl/N-ethyl adjacent to an activating group) is 1. The second-order valence-electron chi connectivity index (χ2n) is 32.4. The Labute approximate surface area is 763 Å². The van der Waals surface area contributed by atoms with Crippen molar-refractivity contribution in [1.82, 2.24) is 146 Å². The molecule has 4 aromatic carbocycles. The standard InChI is InChI=1S/C27H30N8O2.C25H28N8O.C24H25N7O2.C21H19N7O/c1-36-17-19-3-2-4-23-24(19)32-27(31-23)25-22-12-21(16-30-26(22)34-33-25)20-11-18(14-29-15-20)13-28-5-6-35-7-9-37-10-8-35;1-33(2)8-7-26-11-16-9-18(13-27-12-16)19-10-20-23(31-32-24(20)28-14-19)25-29-21-6-4-5-17(15-34-3)22(21)30-25;1-32-7-6-25-10-15-8-17(12-26-11-15)18-9-19-22(30-31-23(19)27-13-18)24-28-20-5-3-4-16(14-33-2)21(20)29-24;1-29-11-13-3-2-4-17-18(13)26-21(25-17)19-16-6-15(10-24-20(16)28-27-19)14-5-12(7-22)8-23-9-14/h2-4,11-12,14-16,28H,5-10,13,17H2,1H3,(H,31,32)(H,30,33,34);4-6,9-10,12-14,26H,7-8,11,15H2,1-3H3,(H,29,30)(H,28,31,32);3-5,8-9,11-13,25H,6-7,10,14H2,1-2H3,(H,28,29)(H,27,30,31);2-6,8-10H,7,11,22H2,1H3,(H,25,26)(H,24,27,28). The molecule has 0 aliphatic carbocycles. The van der Waals surface area contributed by atoms with Crippen molar-refractivity contribution in [2.45, 2.75) is 52.6 Å². The van der Waals surface area contributed by atoms with Gasteiger partial charge in [0.2, 0.25) is 0 Å². The number of methoxy groups -OCH3 is 5. The van der Waals surface area contributed by atoms with Gasteiger partial charge in [-0.15, -0.1) is 0 Å². The maximum atomic E-state index is 5.75. The fraction of sp³-hybridized carbons (Fsp3) is 0.258. The third kappa shape index (κ3) is 20.6. The van der Waals surface area contributed by atoms with Gasteiger partial charge in [-0.3, -0.25) is 45.2 Å². The van der Waals surface area contributed by atoms with Gasteiger partial charge in [-0.1, -0.05) is 48.5 Å². The summed E-state index contributed by atoms with van der Waals surface area (Å²) in [7, 11) is 12.6. The van der Waals surface area contributed by atoms with E-state index in [-0.39, 0.29) is 0 Å². The van der Waals surface area contributed by atoms with Gasteiger partial charge in [-0.2, -0.15) is 20.4 Å². The molecule has 16 aromatic heterocycles. The molecule has 1 aliphatic heterocycles. The molecular weight excluding hydrogens is 1680 g/mol. The van der Waals surface area contributed by atoms with Crippen molar-refractivity contribution in [1.29, 1.82) is 0 Å². The number of nitrogens with one attached hydrogen (secondary N) is 11. The fourth-order valence-electron chi connectivity index (χ4n) is 16.1. The second kappa shape index (κ2) is 42.1. The molecule has 1 saturated heterocycles. The van der Waals surface area contributed by atoms with E-state index >= 15 is 0 Å². The highest BCUT2D eigenvalue weighted by molar-refractivity contribution is 5.98. The van der Waals surface area contributed by atoms with Crippen LogP contribution >= 0.6 is 0 Å². The van der Waals surface area contributed by atoms with Gasteiger partial charge in [0, 0.05) is 249 Å². The second-order valence-corrected chi connectivity index (χ2v) is 32.4. The molecule has 20 aromatic rings. The van der Waals surface area contributed by atoms with Gasteiger partial charge in [-0.05, 0) is 109 Å². The molecule has 0 saturated carbocycles. The van der Waals surface area contributed by atoms with Crippen molar-refractivity contribution < 1.29 is 28.4 Å². The lowest BCUT2D eigenvalue weighted by Crippen LogP contribution is -2.40. The molecule has 1 aliphatic rings. The zero-order valence-corrected chi connectivity index (χ0v) is 74.8. The van der Waals surface area contributed by atoms with Gasteiger partial charge in [0.25, 0.3) is 0 Å². The number of pyridine rings is 8. The number of aromatic nitrogens is 24. The van der Waals surface area contributed by atoms with Crippen LogP contribution < -0.4 is 21.7 Å². The topological polar surface area (TPSA) is 457 Å².